The molecule has 0 saturated carbocycles. The highest BCUT2D eigenvalue weighted by Crippen LogP contribution is 2.23. The van der Waals surface area contributed by atoms with Crippen molar-refractivity contribution in [1.82, 2.24) is 19.9 Å². The normalized spacial score (nSPS) is 16.5. The van der Waals surface area contributed by atoms with Crippen molar-refractivity contribution in [2.45, 2.75) is 19.4 Å². The van der Waals surface area contributed by atoms with Crippen molar-refractivity contribution >= 4 is 35.2 Å². The van der Waals surface area contributed by atoms with Gasteiger partial charge in [0.25, 0.3) is 0 Å². The number of carboxylic acid groups (broad SMARTS) is 1. The highest BCUT2D eigenvalue weighted by Gasteiger charge is 2.33. The fraction of sp³-hybridized carbons (Fsp3) is 0.312. The van der Waals surface area contributed by atoms with Crippen LogP contribution in [0.1, 0.15) is 23.8 Å². The highest BCUT2D eigenvalue weighted by molar-refractivity contribution is 7.99. The fourth-order valence-corrected chi connectivity index (χ4v) is 3.73. The lowest BCUT2D eigenvalue weighted by atomic mass is 10.2. The summed E-state index contributed by atoms with van der Waals surface area (Å²) in [7, 11) is 0. The minimum absolute atomic E-state index is 0.0484. The Labute approximate surface area is 153 Å². The van der Waals surface area contributed by atoms with Crippen LogP contribution in [0.5, 0.6) is 0 Å². The number of carboxylic acids is 1. The van der Waals surface area contributed by atoms with E-state index in [2.05, 4.69) is 15.6 Å². The number of carbonyl (C=O) groups is 3. The topological polar surface area (TPSA) is 117 Å². The molecule has 1 atom stereocenters. The van der Waals surface area contributed by atoms with Crippen LogP contribution in [0.3, 0.4) is 0 Å². The lowest BCUT2D eigenvalue weighted by Crippen LogP contribution is -2.44. The molecule has 9 nitrogen and oxygen atoms in total. The second-order valence-corrected chi connectivity index (χ2v) is 6.63. The van der Waals surface area contributed by atoms with Crippen LogP contribution in [-0.4, -0.2) is 60.5 Å². The van der Waals surface area contributed by atoms with Gasteiger partial charge in [-0.1, -0.05) is 18.2 Å². The number of amides is 2. The van der Waals surface area contributed by atoms with E-state index in [-0.39, 0.29) is 17.5 Å². The van der Waals surface area contributed by atoms with E-state index in [4.69, 9.17) is 5.11 Å². The molecule has 2 heterocycles. The van der Waals surface area contributed by atoms with Gasteiger partial charge in [0.2, 0.25) is 11.8 Å². The first-order valence-electron chi connectivity index (χ1n) is 7.93. The van der Waals surface area contributed by atoms with Crippen molar-refractivity contribution in [3.05, 3.63) is 36.2 Å². The predicted octanol–water partition coefficient (Wildman–Crippen LogP) is 1.22. The van der Waals surface area contributed by atoms with E-state index < -0.39 is 12.0 Å². The monoisotopic (exact) mass is 375 g/mol. The maximum absolute atomic E-state index is 12.6. The van der Waals surface area contributed by atoms with Gasteiger partial charge in [-0.3, -0.25) is 9.59 Å². The number of benzene rings is 1. The number of nitrogens with one attached hydrogen (secondary N) is 1. The van der Waals surface area contributed by atoms with E-state index in [9.17, 15) is 14.4 Å². The summed E-state index contributed by atoms with van der Waals surface area (Å²) < 4.78 is 1.32. The zero-order chi connectivity index (χ0) is 18.7. The Morgan fingerprint density at radius 1 is 1.38 bits per heavy atom. The van der Waals surface area contributed by atoms with Crippen LogP contribution in [0.15, 0.2) is 30.5 Å². The van der Waals surface area contributed by atoms with Crippen molar-refractivity contribution < 1.29 is 19.5 Å². The van der Waals surface area contributed by atoms with Crippen LogP contribution in [0.4, 0.5) is 5.69 Å². The third-order valence-electron chi connectivity index (χ3n) is 3.90. The summed E-state index contributed by atoms with van der Waals surface area (Å²) in [6.07, 6.45) is 1.65. The molecular formula is C16H17N5O4S. The molecule has 2 N–H and O–H groups in total. The smallest absolute Gasteiger partial charge is 0.358 e. The highest BCUT2D eigenvalue weighted by atomic mass is 32.2. The molecule has 1 unspecified atom stereocenters. The molecule has 1 aromatic carbocycles. The Morgan fingerprint density at radius 3 is 2.88 bits per heavy atom. The molecule has 2 aromatic rings. The molecule has 0 bridgehead atoms. The number of hydrogen-bond donors (Lipinski definition) is 2. The molecule has 26 heavy (non-hydrogen) atoms. The van der Waals surface area contributed by atoms with Crippen molar-refractivity contribution in [3.8, 4) is 5.69 Å². The third kappa shape index (κ3) is 3.69. The number of hydrogen-bond acceptors (Lipinski definition) is 6. The number of rotatable bonds is 5. The first-order valence-corrected chi connectivity index (χ1v) is 9.09. The van der Waals surface area contributed by atoms with Crippen LogP contribution in [0, 0.1) is 0 Å². The number of aromatic nitrogens is 3. The molecule has 0 radical (unpaired) electrons. The van der Waals surface area contributed by atoms with E-state index in [1.165, 1.54) is 10.9 Å². The van der Waals surface area contributed by atoms with Gasteiger partial charge in [-0.2, -0.15) is 0 Å². The van der Waals surface area contributed by atoms with Gasteiger partial charge < -0.3 is 15.3 Å². The van der Waals surface area contributed by atoms with Crippen LogP contribution >= 0.6 is 11.8 Å². The molecule has 1 aromatic heterocycles. The Kier molecular flexibility index (Phi) is 5.21. The Balaban J connectivity index is 1.75. The lowest BCUT2D eigenvalue weighted by Gasteiger charge is -2.22. The molecule has 0 aliphatic carbocycles. The van der Waals surface area contributed by atoms with E-state index in [0.29, 0.717) is 29.4 Å². The van der Waals surface area contributed by atoms with Gasteiger partial charge in [-0.25, -0.2) is 9.48 Å². The third-order valence-corrected chi connectivity index (χ3v) is 4.91. The predicted molar refractivity (Wildman–Crippen MR) is 95.2 cm³/mol. The van der Waals surface area contributed by atoms with E-state index in [1.807, 2.05) is 0 Å². The average molecular weight is 375 g/mol. The minimum atomic E-state index is -1.17. The van der Waals surface area contributed by atoms with Gasteiger partial charge >= 0.3 is 5.97 Å². The van der Waals surface area contributed by atoms with Crippen molar-refractivity contribution in [2.75, 3.05) is 16.9 Å². The minimum Gasteiger partial charge on any atom is -0.476 e. The number of anilines is 1. The largest absolute Gasteiger partial charge is 0.476 e. The van der Waals surface area contributed by atoms with Gasteiger partial charge in [-0.15, -0.1) is 16.9 Å². The number of carbonyl (C=O) groups excluding carboxylic acids is 2. The molecule has 1 aliphatic heterocycles. The molecular weight excluding hydrogens is 358 g/mol. The number of thioether (sulfide) groups is 1. The van der Waals surface area contributed by atoms with E-state index in [0.717, 1.165) is 0 Å². The first kappa shape index (κ1) is 17.9. The Hall–Kier alpha value is -2.88. The zero-order valence-corrected chi connectivity index (χ0v) is 14.8. The summed E-state index contributed by atoms with van der Waals surface area (Å²) in [5, 5.41) is 19.1. The second-order valence-electron chi connectivity index (χ2n) is 5.63. The molecule has 1 fully saturated rings. The van der Waals surface area contributed by atoms with Gasteiger partial charge in [0.15, 0.2) is 5.69 Å². The molecule has 0 spiro atoms. The summed E-state index contributed by atoms with van der Waals surface area (Å²) in [5.74, 6) is -0.393. The average Bonchev–Trinajstić information content (AvgIpc) is 3.30. The first-order chi connectivity index (χ1) is 12.5. The standard InChI is InChI=1S/C16H17N5O4S/c1-2-14(22)20-9-26-8-13(20)15(23)17-10-4-3-5-11(6-10)21-7-12(16(24)25)18-19-21/h3-7,13H,2,8-9H2,1H3,(H,17,23)(H,24,25). The zero-order valence-electron chi connectivity index (χ0n) is 14.0. The van der Waals surface area contributed by atoms with Gasteiger partial charge in [0.1, 0.15) is 6.04 Å². The van der Waals surface area contributed by atoms with Crippen LogP contribution in [-0.2, 0) is 9.59 Å². The summed E-state index contributed by atoms with van der Waals surface area (Å²) in [5.41, 5.74) is 0.918. The van der Waals surface area contributed by atoms with Crippen LogP contribution < -0.4 is 5.32 Å². The van der Waals surface area contributed by atoms with Gasteiger partial charge in [0, 0.05) is 17.9 Å². The van der Waals surface area contributed by atoms with E-state index in [1.54, 1.807) is 47.9 Å². The molecule has 1 aliphatic rings. The fourth-order valence-electron chi connectivity index (χ4n) is 2.55. The van der Waals surface area contributed by atoms with Crippen molar-refractivity contribution in [1.29, 1.82) is 0 Å². The Bertz CT molecular complexity index is 853. The lowest BCUT2D eigenvalue weighted by molar-refractivity contribution is -0.135. The number of nitrogens with zero attached hydrogens (tertiary/aromatic N) is 4. The summed E-state index contributed by atoms with van der Waals surface area (Å²) in [6.45, 7) is 1.77. The van der Waals surface area contributed by atoms with E-state index >= 15 is 0 Å². The number of aromatic carboxylic acids is 1. The quantitative estimate of drug-likeness (QED) is 0.807. The van der Waals surface area contributed by atoms with Crippen LogP contribution in [0.2, 0.25) is 0 Å². The van der Waals surface area contributed by atoms with Crippen molar-refractivity contribution in [2.24, 2.45) is 0 Å². The maximum Gasteiger partial charge on any atom is 0.358 e. The summed E-state index contributed by atoms with van der Waals surface area (Å²) >= 11 is 1.54. The van der Waals surface area contributed by atoms with Crippen molar-refractivity contribution in [3.63, 3.8) is 0 Å². The van der Waals surface area contributed by atoms with Crippen LogP contribution in [0.25, 0.3) is 5.69 Å². The molecule has 3 rings (SSSR count). The summed E-state index contributed by atoms with van der Waals surface area (Å²) in [4.78, 5) is 37.0. The molecule has 10 heteroatoms. The molecule has 1 saturated heterocycles. The summed E-state index contributed by atoms with van der Waals surface area (Å²) in [6, 6.07) is 6.30. The SMILES string of the molecule is CCC(=O)N1CSCC1C(=O)Nc1cccc(-n2cc(C(=O)O)nn2)c1. The maximum atomic E-state index is 12.6. The Morgan fingerprint density at radius 2 is 2.19 bits per heavy atom. The molecule has 2 amide bonds. The van der Waals surface area contributed by atoms with Gasteiger partial charge in [-0.05, 0) is 18.2 Å². The molecule has 136 valence electrons. The van der Waals surface area contributed by atoms with Gasteiger partial charge in [0.05, 0.1) is 17.8 Å². The second kappa shape index (κ2) is 7.56.